The molecule has 0 aliphatic rings. The van der Waals surface area contributed by atoms with E-state index in [2.05, 4.69) is 133 Å². The highest BCUT2D eigenvalue weighted by molar-refractivity contribution is 7.89. The van der Waals surface area contributed by atoms with E-state index in [9.17, 15) is 13.2 Å². The molecule has 17 heterocycles. The number of ether oxygens (including phenoxy) is 9. The lowest BCUT2D eigenvalue weighted by Gasteiger charge is -2.09. The summed E-state index contributed by atoms with van der Waals surface area (Å²) < 4.78 is 89.7. The lowest BCUT2D eigenvalue weighted by Crippen LogP contribution is -2.29. The van der Waals surface area contributed by atoms with E-state index >= 15 is 0 Å². The molecule has 0 fully saturated rings. The van der Waals surface area contributed by atoms with Crippen LogP contribution in [0.2, 0.25) is 0 Å². The van der Waals surface area contributed by atoms with Crippen LogP contribution in [-0.4, -0.2) is 208 Å². The number of hydrogen-bond acceptors (Lipinski definition) is 41. The van der Waals surface area contributed by atoms with E-state index in [4.69, 9.17) is 65.6 Å². The van der Waals surface area contributed by atoms with Crippen molar-refractivity contribution in [1.29, 1.82) is 0 Å². The summed E-state index contributed by atoms with van der Waals surface area (Å²) in [5, 5.41) is 58.3. The molecule has 0 saturated heterocycles. The largest absolute Gasteiger partial charge is 0.489 e. The fourth-order valence-electron chi connectivity index (χ4n) is 11.0. The minimum atomic E-state index is -3.57. The van der Waals surface area contributed by atoms with Crippen molar-refractivity contribution in [3.05, 3.63) is 237 Å². The van der Waals surface area contributed by atoms with Gasteiger partial charge in [-0.25, -0.2) is 33.1 Å². The number of aromatic amines is 2. The number of aryl methyl sites for hydroxylation is 3. The predicted octanol–water partition coefficient (Wildman–Crippen LogP) is 17.9. The molecule has 43 nitrogen and oxygen atoms in total. The predicted molar refractivity (Wildman–Crippen MR) is 532 cm³/mol. The molecule has 0 bridgehead atoms. The molecule has 0 atom stereocenters. The van der Waals surface area contributed by atoms with Crippen LogP contribution in [0.1, 0.15) is 146 Å². The van der Waals surface area contributed by atoms with Gasteiger partial charge in [0.1, 0.15) is 91.5 Å². The molecule has 17 aromatic rings. The van der Waals surface area contributed by atoms with Gasteiger partial charge < -0.3 is 56.0 Å². The second kappa shape index (κ2) is 58.4. The quantitative estimate of drug-likeness (QED) is 0.0410. The van der Waals surface area contributed by atoms with Crippen LogP contribution in [0.15, 0.2) is 233 Å². The molecule has 17 aromatic heterocycles. The van der Waals surface area contributed by atoms with Crippen molar-refractivity contribution < 1.29 is 78.8 Å². The van der Waals surface area contributed by atoms with Gasteiger partial charge >= 0.3 is 6.15 Å². The summed E-state index contributed by atoms with van der Waals surface area (Å²) in [7, 11) is -1.68. The van der Waals surface area contributed by atoms with E-state index in [1.54, 1.807) is 122 Å². The van der Waals surface area contributed by atoms with E-state index in [0.717, 1.165) is 107 Å². The van der Waals surface area contributed by atoms with E-state index in [-0.39, 0.29) is 66.8 Å². The van der Waals surface area contributed by atoms with Gasteiger partial charge in [-0.15, -0.1) is 52.1 Å². The Balaban J connectivity index is 0.000000196. The third-order valence-corrected chi connectivity index (χ3v) is 18.6. The summed E-state index contributed by atoms with van der Waals surface area (Å²) in [6.07, 6.45) is 28.8. The summed E-state index contributed by atoms with van der Waals surface area (Å²) in [6, 6.07) is 35.2. The van der Waals surface area contributed by atoms with Crippen molar-refractivity contribution in [1.82, 2.24) is 131 Å². The number of thiophene rings is 1. The van der Waals surface area contributed by atoms with Crippen LogP contribution in [0, 0.1) is 13.8 Å². The zero-order chi connectivity index (χ0) is 104. The van der Waals surface area contributed by atoms with Crippen LogP contribution in [0.25, 0.3) is 89.7 Å². The van der Waals surface area contributed by atoms with Crippen LogP contribution in [0.3, 0.4) is 0 Å². The summed E-state index contributed by atoms with van der Waals surface area (Å²) in [5.74, 6) is 7.72. The number of nitrogens with one attached hydrogen (secondary N) is 3. The number of pyridine rings is 9. The maximum Gasteiger partial charge on any atom is 0.373 e. The second-order valence-electron chi connectivity index (χ2n) is 32.1. The van der Waals surface area contributed by atoms with Gasteiger partial charge in [-0.3, -0.25) is 34.4 Å². The lowest BCUT2D eigenvalue weighted by atomic mass is 10.2. The molecule has 0 aliphatic heterocycles. The normalized spacial score (nSPS) is 10.6. The highest BCUT2D eigenvalue weighted by atomic mass is 32.2. The highest BCUT2D eigenvalue weighted by Crippen LogP contribution is 2.29. The van der Waals surface area contributed by atoms with Crippen LogP contribution in [0.4, 0.5) is 0 Å². The number of carbonyl (C=O) groups excluding carboxylic acids is 3. The van der Waals surface area contributed by atoms with Gasteiger partial charge in [0, 0.05) is 31.9 Å². The third kappa shape index (κ3) is 42.4. The number of nitrogens with zero attached hydrogens (tertiary/aromatic N) is 23. The number of aromatic nitrogens is 25. The van der Waals surface area contributed by atoms with Gasteiger partial charge in [0.25, 0.3) is 11.8 Å². The molecule has 3 N–H and O–H groups in total. The zero-order valence-corrected chi connectivity index (χ0v) is 85.4. The van der Waals surface area contributed by atoms with E-state index in [0.29, 0.717) is 46.4 Å². The van der Waals surface area contributed by atoms with Crippen LogP contribution < -0.4 is 47.4 Å². The monoisotopic (exact) mass is 2010 g/mol. The van der Waals surface area contributed by atoms with Crippen LogP contribution >= 0.6 is 22.7 Å². The molecule has 752 valence electrons. The van der Waals surface area contributed by atoms with Crippen molar-refractivity contribution in [2.75, 3.05) is 6.26 Å². The molecule has 0 radical (unpaired) electrons. The summed E-state index contributed by atoms with van der Waals surface area (Å²) in [4.78, 5) is 66.5. The number of sulfonamides is 1. The van der Waals surface area contributed by atoms with Gasteiger partial charge in [0.05, 0.1) is 174 Å². The lowest BCUT2D eigenvalue weighted by molar-refractivity contribution is -0.191. The number of rotatable bonds is 28. The Morgan fingerprint density at radius 1 is 0.434 bits per heavy atom. The number of carbonyl (C=O) groups is 1. The Kier molecular flexibility index (Phi) is 45.7. The molecular weight excluding hydrogens is 1900 g/mol. The van der Waals surface area contributed by atoms with Gasteiger partial charge in [-0.1, -0.05) is 22.6 Å². The SMILES string of the molecule is CC(C)Oc1ccc(-c2cccs2)nc1.CC(C)Oc1ccc(-c2cn[nH]n2)nc1.CC(C)Oc1ccc(-c2cnn(C)c2)nc1.CC(C)Oc1ccc(-c2cnoc2)nc1.CC(C)Oc1ccc(-c2nn[nH]n2)nc1.CC(C)Oc1ccc(C(=O)NS(C)(=O)=O)nc1.CC(C)Oc1cncc(-c2nnco2)c1.Cc1nnc(-c2ccc(OC(C)C)cn2)o1.Cc1nnc(-c2ccc(OC(C)C)cn2)s1.O=C=O. The summed E-state index contributed by atoms with van der Waals surface area (Å²) in [6.45, 7) is 39.1. The average Bonchev–Trinajstić information content (AvgIpc) is 1.74. The Labute approximate surface area is 834 Å². The minimum Gasteiger partial charge on any atom is -0.489 e. The third-order valence-electron chi connectivity index (χ3n) is 16.3. The number of hydrogen-bond donors (Lipinski definition) is 3. The first kappa shape index (κ1) is 112. The topological polar surface area (TPSA) is 540 Å². The van der Waals surface area contributed by atoms with Crippen molar-refractivity contribution in [2.45, 2.75) is 193 Å². The maximum absolute atomic E-state index is 11.4. The van der Waals surface area contributed by atoms with Crippen molar-refractivity contribution >= 4 is 44.8 Å². The van der Waals surface area contributed by atoms with Crippen molar-refractivity contribution in [3.8, 4) is 141 Å². The Bertz CT molecular complexity index is 6000. The zero-order valence-electron chi connectivity index (χ0n) is 82.9. The second-order valence-corrected chi connectivity index (χ2v) is 36.0. The standard InChI is InChI=1S/C12H15N3O.C12H13NOS.C11H13N3O2.C11H13N3OS.C11H12N2O2.C10H12N4O.C10H11N3O2.C10H14N2O4S.C9H11N5O.CO2/c1-9(2)16-11-4-5-12(13-7-11)10-6-14-15(3)8-10;1-9(2)14-10-5-6-11(13-8-10)12-4-3-7-15-12;2*1-7(2)15-9-4-5-10(12-6-9)11-14-13-8(3)16-11;1-8(2)15-10-3-4-11(12-6-10)9-5-13-14-7-9;1-7(2)15-8-3-4-9(11-5-8)10-6-12-14-13-10;1-7(2)15-9-3-8(4-11-5-9)10-13-12-6-14-10;1-7(2)16-8-4-5-9(11-6-8)10(13)12-17(3,14)15;1-6(2)15-7-3-4-8(10-5-7)9-11-13-14-12-9;2-1-3/h4-9H,1-3H3;3-9H,1-2H3;2*4-7H,1-3H3;3-8H,1-2H3;3-7H,1-2H3,(H,12,13,14);3-7H,1-2H3;4-7H,1-3H3,(H,12,13);3-6H,1-2H3,(H,11,12,13,14);. The number of H-pyrrole nitrogens is 2. The minimum absolute atomic E-state index is 0.00694. The first-order chi connectivity index (χ1) is 68.4. The Morgan fingerprint density at radius 2 is 0.888 bits per heavy atom. The summed E-state index contributed by atoms with van der Waals surface area (Å²) in [5.41, 5.74) is 9.05. The van der Waals surface area contributed by atoms with E-state index in [1.165, 1.54) is 34.9 Å². The number of amides is 1. The van der Waals surface area contributed by atoms with Gasteiger partial charge in [0.2, 0.25) is 34.0 Å². The highest BCUT2D eigenvalue weighted by Gasteiger charge is 2.17. The van der Waals surface area contributed by atoms with E-state index < -0.39 is 15.9 Å². The first-order valence-electron chi connectivity index (χ1n) is 44.5. The molecule has 143 heavy (non-hydrogen) atoms. The molecule has 0 saturated carbocycles. The number of tetrazole rings is 1. The smallest absolute Gasteiger partial charge is 0.373 e. The Morgan fingerprint density at radius 3 is 1.25 bits per heavy atom. The molecule has 17 rings (SSSR count). The average molecular weight is 2010 g/mol. The molecule has 0 aromatic carbocycles. The van der Waals surface area contributed by atoms with Gasteiger partial charge in [-0.2, -0.15) is 35.3 Å². The van der Waals surface area contributed by atoms with Crippen molar-refractivity contribution in [2.24, 2.45) is 7.05 Å². The molecule has 1 amide bonds. The van der Waals surface area contributed by atoms with Crippen LogP contribution in [-0.2, 0) is 26.7 Å². The fraction of sp³-hybridized carbons (Fsp3) is 0.320. The molecule has 0 spiro atoms. The molecule has 0 aliphatic carbocycles. The molecule has 0 unspecified atom stereocenters. The van der Waals surface area contributed by atoms with Gasteiger partial charge in [0.15, 0.2) is 5.01 Å². The van der Waals surface area contributed by atoms with Crippen molar-refractivity contribution in [3.63, 3.8) is 0 Å². The molecule has 46 heteroatoms. The van der Waals surface area contributed by atoms with E-state index in [1.807, 2.05) is 234 Å². The fourth-order valence-corrected chi connectivity index (χ4v) is 12.8. The molecular formula is C97H114N26O17S3. The van der Waals surface area contributed by atoms with Crippen LogP contribution in [0.5, 0.6) is 51.7 Å². The first-order valence-corrected chi connectivity index (χ1v) is 48.1. The van der Waals surface area contributed by atoms with Gasteiger partial charge in [-0.05, 0) is 251 Å². The maximum atomic E-state index is 11.4. The summed E-state index contributed by atoms with van der Waals surface area (Å²) >= 11 is 3.23. The Hall–Kier alpha value is -16.5.